The molecule has 50 valence electrons. The molecule has 0 amide bonds. The SMILES string of the molecule is CC[N+](C)=C(Cl)Cl.[Cl-]. The van der Waals surface area contributed by atoms with Gasteiger partial charge in [0.25, 0.3) is 0 Å². The van der Waals surface area contributed by atoms with Crippen LogP contribution in [-0.4, -0.2) is 22.8 Å². The Balaban J connectivity index is 0. The fraction of sp³-hybridized carbons (Fsp3) is 0.750. The molecule has 0 N–H and O–H groups in total. The van der Waals surface area contributed by atoms with Crippen LogP contribution in [0.3, 0.4) is 0 Å². The number of hydrogen-bond acceptors (Lipinski definition) is 0. The molecule has 0 spiro atoms. The monoisotopic (exact) mass is 175 g/mol. The largest absolute Gasteiger partial charge is 1.00 e. The third-order valence-electron chi connectivity index (χ3n) is 0.763. The molecule has 0 aliphatic heterocycles. The molecule has 0 rings (SSSR count). The number of nitrogens with zero attached hydrogens (tertiary/aromatic N) is 1. The highest BCUT2D eigenvalue weighted by Crippen LogP contribution is 1.88. The smallest absolute Gasteiger partial charge is 0.341 e. The molecule has 0 aliphatic rings. The zero-order valence-corrected chi connectivity index (χ0v) is 7.06. The average Bonchev–Trinajstić information content (AvgIpc) is 1.65. The summed E-state index contributed by atoms with van der Waals surface area (Å²) in [6.45, 7) is 2.83. The van der Waals surface area contributed by atoms with Gasteiger partial charge in [0.15, 0.2) is 0 Å². The Morgan fingerprint density at radius 2 is 1.88 bits per heavy atom. The molecule has 1 nitrogen and oxygen atoms in total. The summed E-state index contributed by atoms with van der Waals surface area (Å²) < 4.78 is 2.06. The van der Waals surface area contributed by atoms with Crippen LogP contribution in [0.25, 0.3) is 0 Å². The molecule has 0 radical (unpaired) electrons. The van der Waals surface area contributed by atoms with Gasteiger partial charge >= 0.3 is 4.63 Å². The summed E-state index contributed by atoms with van der Waals surface area (Å²) in [5.74, 6) is 0. The fourth-order valence-corrected chi connectivity index (χ4v) is 0.359. The predicted octanol–water partition coefficient (Wildman–Crippen LogP) is -1.51. The van der Waals surface area contributed by atoms with Crippen LogP contribution in [-0.2, 0) is 0 Å². The van der Waals surface area contributed by atoms with Crippen molar-refractivity contribution in [2.24, 2.45) is 0 Å². The molecule has 0 aromatic heterocycles. The lowest BCUT2D eigenvalue weighted by atomic mass is 10.7. The second-order valence-electron chi connectivity index (χ2n) is 1.25. The lowest BCUT2D eigenvalue weighted by Crippen LogP contribution is -3.00. The van der Waals surface area contributed by atoms with Gasteiger partial charge in [0.1, 0.15) is 13.6 Å². The molecule has 0 aromatic carbocycles. The summed E-state index contributed by atoms with van der Waals surface area (Å²) in [5, 5.41) is 0. The molecule has 8 heavy (non-hydrogen) atoms. The molecule has 0 bridgehead atoms. The van der Waals surface area contributed by atoms with Gasteiger partial charge in [0.05, 0.1) is 0 Å². The van der Waals surface area contributed by atoms with Gasteiger partial charge in [-0.15, -0.1) is 0 Å². The topological polar surface area (TPSA) is 3.01 Å². The lowest BCUT2D eigenvalue weighted by molar-refractivity contribution is -0.488. The van der Waals surface area contributed by atoms with Gasteiger partial charge in [-0.1, -0.05) is 0 Å². The Labute approximate surface area is 65.7 Å². The van der Waals surface area contributed by atoms with Gasteiger partial charge in [-0.05, 0) is 6.92 Å². The van der Waals surface area contributed by atoms with Crippen LogP contribution in [0.15, 0.2) is 0 Å². The minimum atomic E-state index is 0. The van der Waals surface area contributed by atoms with Crippen LogP contribution in [0.1, 0.15) is 6.92 Å². The maximum Gasteiger partial charge on any atom is 0.341 e. The summed E-state index contributed by atoms with van der Waals surface area (Å²) in [4.78, 5) is 0. The van der Waals surface area contributed by atoms with Crippen LogP contribution in [0.5, 0.6) is 0 Å². The average molecular weight is 176 g/mol. The molecule has 0 fully saturated rings. The first kappa shape index (κ1) is 11.4. The van der Waals surface area contributed by atoms with E-state index in [-0.39, 0.29) is 12.4 Å². The molecule has 0 unspecified atom stereocenters. The summed E-state index contributed by atoms with van der Waals surface area (Å²) in [6, 6.07) is 0. The van der Waals surface area contributed by atoms with Crippen molar-refractivity contribution in [3.05, 3.63) is 0 Å². The van der Waals surface area contributed by atoms with E-state index in [4.69, 9.17) is 23.2 Å². The van der Waals surface area contributed by atoms with E-state index in [1.54, 1.807) is 4.58 Å². The molecule has 0 saturated heterocycles. The summed E-state index contributed by atoms with van der Waals surface area (Å²) in [6.07, 6.45) is 0. The van der Waals surface area contributed by atoms with E-state index in [1.807, 2.05) is 14.0 Å². The molecule has 0 heterocycles. The van der Waals surface area contributed by atoms with Gasteiger partial charge in [0, 0.05) is 23.2 Å². The maximum absolute atomic E-state index is 5.34. The van der Waals surface area contributed by atoms with Crippen molar-refractivity contribution in [1.29, 1.82) is 0 Å². The number of rotatable bonds is 1. The van der Waals surface area contributed by atoms with Gasteiger partial charge in [-0.25, -0.2) is 4.58 Å². The molecule has 0 aromatic rings. The molecule has 0 saturated carbocycles. The predicted molar refractivity (Wildman–Crippen MR) is 33.4 cm³/mol. The maximum atomic E-state index is 5.34. The van der Waals surface area contributed by atoms with Crippen molar-refractivity contribution < 1.29 is 17.0 Å². The lowest BCUT2D eigenvalue weighted by Gasteiger charge is -1.85. The highest BCUT2D eigenvalue weighted by Gasteiger charge is 1.96. The highest BCUT2D eigenvalue weighted by atomic mass is 35.5. The van der Waals surface area contributed by atoms with E-state index in [0.29, 0.717) is 4.63 Å². The molecule has 4 heteroatoms. The van der Waals surface area contributed by atoms with Gasteiger partial charge < -0.3 is 12.4 Å². The first-order valence-corrected chi connectivity index (χ1v) is 2.83. The van der Waals surface area contributed by atoms with Crippen LogP contribution < -0.4 is 12.4 Å². The van der Waals surface area contributed by atoms with Crippen molar-refractivity contribution in [3.8, 4) is 0 Å². The van der Waals surface area contributed by atoms with E-state index in [9.17, 15) is 0 Å². The van der Waals surface area contributed by atoms with Gasteiger partial charge in [-0.2, -0.15) is 0 Å². The van der Waals surface area contributed by atoms with Crippen molar-refractivity contribution in [3.63, 3.8) is 0 Å². The number of halogens is 3. The molecular formula is C4H8Cl3N. The Hall–Kier alpha value is 0.540. The third kappa shape index (κ3) is 4.69. The van der Waals surface area contributed by atoms with E-state index in [2.05, 4.69) is 0 Å². The normalized spacial score (nSPS) is 7.50. The zero-order chi connectivity index (χ0) is 5.86. The molecular weight excluding hydrogens is 168 g/mol. The van der Waals surface area contributed by atoms with Crippen LogP contribution in [0.4, 0.5) is 0 Å². The molecule has 0 atom stereocenters. The van der Waals surface area contributed by atoms with Crippen molar-refractivity contribution in [2.75, 3.05) is 13.6 Å². The summed E-state index contributed by atoms with van der Waals surface area (Å²) in [5.41, 5.74) is 0. The zero-order valence-electron chi connectivity index (χ0n) is 4.79. The van der Waals surface area contributed by atoms with Crippen molar-refractivity contribution in [1.82, 2.24) is 0 Å². The minimum absolute atomic E-state index is 0. The quantitative estimate of drug-likeness (QED) is 0.338. The Bertz CT molecular complexity index is 85.3. The molecule has 0 aliphatic carbocycles. The van der Waals surface area contributed by atoms with Crippen LogP contribution in [0, 0.1) is 0 Å². The summed E-state index contributed by atoms with van der Waals surface area (Å²) in [7, 11) is 1.83. The van der Waals surface area contributed by atoms with Crippen LogP contribution in [0.2, 0.25) is 0 Å². The van der Waals surface area contributed by atoms with E-state index >= 15 is 0 Å². The van der Waals surface area contributed by atoms with E-state index in [0.717, 1.165) is 6.54 Å². The van der Waals surface area contributed by atoms with Gasteiger partial charge in [0.2, 0.25) is 0 Å². The Morgan fingerprint density at radius 1 is 1.50 bits per heavy atom. The second kappa shape index (κ2) is 5.67. The van der Waals surface area contributed by atoms with Gasteiger partial charge in [-0.3, -0.25) is 0 Å². The highest BCUT2D eigenvalue weighted by molar-refractivity contribution is 6.94. The second-order valence-corrected chi connectivity index (χ2v) is 2.16. The standard InChI is InChI=1S/C4H8Cl2N.ClH/c1-3-7(2)4(5)6;/h3H2,1-2H3;1H/q+1;/p-1. The fourth-order valence-electron chi connectivity index (χ4n) is 0.120. The first-order chi connectivity index (χ1) is 3.18. The van der Waals surface area contributed by atoms with E-state index < -0.39 is 0 Å². The van der Waals surface area contributed by atoms with Crippen molar-refractivity contribution in [2.45, 2.75) is 6.92 Å². The first-order valence-electron chi connectivity index (χ1n) is 2.07. The van der Waals surface area contributed by atoms with E-state index in [1.165, 1.54) is 0 Å². The van der Waals surface area contributed by atoms with Crippen LogP contribution >= 0.6 is 23.2 Å². The Kier molecular flexibility index (Phi) is 8.05. The minimum Gasteiger partial charge on any atom is -1.00 e. The number of hydrogen-bond donors (Lipinski definition) is 0. The third-order valence-corrected chi connectivity index (χ3v) is 1.34. The van der Waals surface area contributed by atoms with Crippen molar-refractivity contribution >= 4 is 27.8 Å². The summed E-state index contributed by atoms with van der Waals surface area (Å²) >= 11 is 10.7. The Morgan fingerprint density at radius 3 is 1.88 bits per heavy atom.